The van der Waals surface area contributed by atoms with Gasteiger partial charge in [-0.05, 0) is 19.4 Å². The zero-order chi connectivity index (χ0) is 12.1. The summed E-state index contributed by atoms with van der Waals surface area (Å²) in [4.78, 5) is 5.30. The Hall–Kier alpha value is -1.20. The molecule has 1 unspecified atom stereocenters. The minimum atomic E-state index is 0.477. The SMILES string of the molecule is CCC(C)n1ccc(CNCc2cncs2)n1. The molecule has 0 aromatic carbocycles. The van der Waals surface area contributed by atoms with Crippen molar-refractivity contribution in [3.63, 3.8) is 0 Å². The Morgan fingerprint density at radius 3 is 3.06 bits per heavy atom. The van der Waals surface area contributed by atoms with Crippen LogP contribution >= 0.6 is 11.3 Å². The molecule has 0 bridgehead atoms. The van der Waals surface area contributed by atoms with E-state index in [9.17, 15) is 0 Å². The van der Waals surface area contributed by atoms with Gasteiger partial charge >= 0.3 is 0 Å². The van der Waals surface area contributed by atoms with E-state index in [4.69, 9.17) is 0 Å². The van der Waals surface area contributed by atoms with Gasteiger partial charge in [0.1, 0.15) is 0 Å². The highest BCUT2D eigenvalue weighted by molar-refractivity contribution is 7.09. The van der Waals surface area contributed by atoms with Crippen LogP contribution in [0, 0.1) is 0 Å². The predicted molar refractivity (Wildman–Crippen MR) is 69.9 cm³/mol. The van der Waals surface area contributed by atoms with Gasteiger partial charge in [0.05, 0.1) is 11.2 Å². The standard InChI is InChI=1S/C12H18N4S/c1-3-10(2)16-5-4-11(15-16)6-13-7-12-8-14-9-17-12/h4-5,8-10,13H,3,6-7H2,1-2H3. The molecule has 2 aromatic heterocycles. The number of hydrogen-bond acceptors (Lipinski definition) is 4. The number of rotatable bonds is 6. The molecular formula is C12H18N4S. The van der Waals surface area contributed by atoms with Gasteiger partial charge in [-0.2, -0.15) is 5.10 Å². The summed E-state index contributed by atoms with van der Waals surface area (Å²) in [6, 6.07) is 2.55. The lowest BCUT2D eigenvalue weighted by Gasteiger charge is -2.08. The van der Waals surface area contributed by atoms with Gasteiger partial charge in [0.2, 0.25) is 0 Å². The smallest absolute Gasteiger partial charge is 0.0794 e. The van der Waals surface area contributed by atoms with Crippen molar-refractivity contribution in [1.29, 1.82) is 0 Å². The van der Waals surface area contributed by atoms with Crippen molar-refractivity contribution in [2.45, 2.75) is 39.4 Å². The molecule has 0 saturated carbocycles. The molecule has 0 fully saturated rings. The van der Waals surface area contributed by atoms with Crippen molar-refractivity contribution in [2.24, 2.45) is 0 Å². The first-order chi connectivity index (χ1) is 8.29. The van der Waals surface area contributed by atoms with Gasteiger partial charge < -0.3 is 5.32 Å². The van der Waals surface area contributed by atoms with Crippen LogP contribution in [0.25, 0.3) is 0 Å². The van der Waals surface area contributed by atoms with Crippen LogP contribution in [0.1, 0.15) is 36.9 Å². The average Bonchev–Trinajstić information content (AvgIpc) is 2.99. The first-order valence-corrected chi connectivity index (χ1v) is 6.79. The van der Waals surface area contributed by atoms with Crippen molar-refractivity contribution in [3.8, 4) is 0 Å². The Labute approximate surface area is 106 Å². The molecule has 0 aliphatic heterocycles. The van der Waals surface area contributed by atoms with E-state index in [0.717, 1.165) is 25.2 Å². The van der Waals surface area contributed by atoms with E-state index in [1.807, 2.05) is 16.4 Å². The third-order valence-corrected chi connectivity index (χ3v) is 3.57. The third kappa shape index (κ3) is 3.38. The highest BCUT2D eigenvalue weighted by atomic mass is 32.1. The Balaban J connectivity index is 1.81. The van der Waals surface area contributed by atoms with Crippen LogP contribution in [0.3, 0.4) is 0 Å². The summed E-state index contributed by atoms with van der Waals surface area (Å²) < 4.78 is 2.03. The molecule has 0 aliphatic carbocycles. The lowest BCUT2D eigenvalue weighted by Crippen LogP contribution is -2.13. The maximum Gasteiger partial charge on any atom is 0.0794 e. The van der Waals surface area contributed by atoms with Gasteiger partial charge in [-0.1, -0.05) is 6.92 Å². The maximum absolute atomic E-state index is 4.54. The zero-order valence-electron chi connectivity index (χ0n) is 10.3. The Morgan fingerprint density at radius 1 is 1.47 bits per heavy atom. The van der Waals surface area contributed by atoms with E-state index in [2.05, 4.69) is 41.5 Å². The van der Waals surface area contributed by atoms with Crippen LogP contribution in [0.4, 0.5) is 0 Å². The van der Waals surface area contributed by atoms with Crippen LogP contribution in [0.2, 0.25) is 0 Å². The average molecular weight is 250 g/mol. The lowest BCUT2D eigenvalue weighted by molar-refractivity contribution is 0.471. The molecule has 2 aromatic rings. The molecule has 2 heterocycles. The van der Waals surface area contributed by atoms with Crippen LogP contribution in [-0.4, -0.2) is 14.8 Å². The fourth-order valence-electron chi connectivity index (χ4n) is 1.55. The maximum atomic E-state index is 4.54. The molecule has 2 rings (SSSR count). The van der Waals surface area contributed by atoms with E-state index in [1.165, 1.54) is 4.88 Å². The molecule has 0 amide bonds. The van der Waals surface area contributed by atoms with E-state index in [1.54, 1.807) is 11.3 Å². The molecule has 17 heavy (non-hydrogen) atoms. The number of nitrogens with zero attached hydrogens (tertiary/aromatic N) is 3. The zero-order valence-corrected chi connectivity index (χ0v) is 11.1. The summed E-state index contributed by atoms with van der Waals surface area (Å²) in [6.07, 6.45) is 5.06. The molecule has 1 N–H and O–H groups in total. The highest BCUT2D eigenvalue weighted by Crippen LogP contribution is 2.09. The Bertz CT molecular complexity index is 435. The molecule has 0 saturated heterocycles. The molecular weight excluding hydrogens is 232 g/mol. The van der Waals surface area contributed by atoms with Gasteiger partial charge in [-0.3, -0.25) is 9.67 Å². The number of nitrogens with one attached hydrogen (secondary N) is 1. The molecule has 0 radical (unpaired) electrons. The molecule has 0 spiro atoms. The molecule has 4 nitrogen and oxygen atoms in total. The summed E-state index contributed by atoms with van der Waals surface area (Å²) in [5.74, 6) is 0. The fourth-order valence-corrected chi connectivity index (χ4v) is 2.11. The molecule has 92 valence electrons. The first kappa shape index (κ1) is 12.3. The second-order valence-electron chi connectivity index (χ2n) is 4.12. The topological polar surface area (TPSA) is 42.7 Å². The summed E-state index contributed by atoms with van der Waals surface area (Å²) in [5, 5.41) is 7.91. The first-order valence-electron chi connectivity index (χ1n) is 5.91. The summed E-state index contributed by atoms with van der Waals surface area (Å²) >= 11 is 1.67. The minimum Gasteiger partial charge on any atom is -0.306 e. The number of thiazole rings is 1. The van der Waals surface area contributed by atoms with E-state index >= 15 is 0 Å². The van der Waals surface area contributed by atoms with Crippen LogP contribution in [0.15, 0.2) is 24.0 Å². The Morgan fingerprint density at radius 2 is 2.35 bits per heavy atom. The number of hydrogen-bond donors (Lipinski definition) is 1. The summed E-state index contributed by atoms with van der Waals surface area (Å²) in [7, 11) is 0. The monoisotopic (exact) mass is 250 g/mol. The van der Waals surface area contributed by atoms with Crippen LogP contribution in [0.5, 0.6) is 0 Å². The second-order valence-corrected chi connectivity index (χ2v) is 5.09. The van der Waals surface area contributed by atoms with Crippen molar-refractivity contribution in [2.75, 3.05) is 0 Å². The third-order valence-electron chi connectivity index (χ3n) is 2.79. The van der Waals surface area contributed by atoms with Crippen LogP contribution < -0.4 is 5.32 Å². The van der Waals surface area contributed by atoms with E-state index in [0.29, 0.717) is 6.04 Å². The van der Waals surface area contributed by atoms with Gasteiger partial charge in [0.25, 0.3) is 0 Å². The minimum absolute atomic E-state index is 0.477. The normalized spacial score (nSPS) is 12.8. The summed E-state index contributed by atoms with van der Waals surface area (Å²) in [5.41, 5.74) is 2.95. The fraction of sp³-hybridized carbons (Fsp3) is 0.500. The molecule has 0 aliphatic rings. The van der Waals surface area contributed by atoms with E-state index in [-0.39, 0.29) is 0 Å². The quantitative estimate of drug-likeness (QED) is 0.857. The van der Waals surface area contributed by atoms with Crippen molar-refractivity contribution >= 4 is 11.3 Å². The summed E-state index contributed by atoms with van der Waals surface area (Å²) in [6.45, 7) is 6.03. The van der Waals surface area contributed by atoms with Gasteiger partial charge in [-0.15, -0.1) is 11.3 Å². The molecule has 5 heteroatoms. The van der Waals surface area contributed by atoms with Crippen LogP contribution in [-0.2, 0) is 13.1 Å². The molecule has 1 atom stereocenters. The lowest BCUT2D eigenvalue weighted by atomic mass is 10.3. The number of aromatic nitrogens is 3. The highest BCUT2D eigenvalue weighted by Gasteiger charge is 2.04. The van der Waals surface area contributed by atoms with Gasteiger partial charge in [-0.25, -0.2) is 0 Å². The second kappa shape index (κ2) is 5.93. The van der Waals surface area contributed by atoms with Gasteiger partial charge in [0.15, 0.2) is 0 Å². The largest absolute Gasteiger partial charge is 0.306 e. The van der Waals surface area contributed by atoms with Crippen molar-refractivity contribution in [1.82, 2.24) is 20.1 Å². The van der Waals surface area contributed by atoms with E-state index < -0.39 is 0 Å². The van der Waals surface area contributed by atoms with Crippen molar-refractivity contribution < 1.29 is 0 Å². The predicted octanol–water partition coefficient (Wildman–Crippen LogP) is 2.60. The van der Waals surface area contributed by atoms with Gasteiger partial charge in [0, 0.05) is 36.4 Å². The Kier molecular flexibility index (Phi) is 4.28. The van der Waals surface area contributed by atoms with Crippen molar-refractivity contribution in [3.05, 3.63) is 34.5 Å².